The molecular formula is C17H10ClNO4. The summed E-state index contributed by atoms with van der Waals surface area (Å²) < 4.78 is 5.47. The fraction of sp³-hybridized carbons (Fsp3) is 0. The van der Waals surface area contributed by atoms with Crippen LogP contribution in [0.25, 0.3) is 17.0 Å². The minimum Gasteiger partial charge on any atom is -0.453 e. The predicted octanol–water partition coefficient (Wildman–Crippen LogP) is 4.89. The van der Waals surface area contributed by atoms with Gasteiger partial charge in [0, 0.05) is 22.5 Å². The molecule has 0 radical (unpaired) electrons. The Morgan fingerprint density at radius 3 is 2.70 bits per heavy atom. The Hall–Kier alpha value is -2.92. The molecule has 2 aromatic carbocycles. The summed E-state index contributed by atoms with van der Waals surface area (Å²) in [5.74, 6) is -0.146. The third-order valence-electron chi connectivity index (χ3n) is 3.27. The number of hydrogen-bond acceptors (Lipinski definition) is 4. The Balaban J connectivity index is 1.88. The van der Waals surface area contributed by atoms with E-state index in [-0.39, 0.29) is 17.2 Å². The van der Waals surface area contributed by atoms with Crippen LogP contribution < -0.4 is 0 Å². The van der Waals surface area contributed by atoms with Gasteiger partial charge in [0.25, 0.3) is 5.69 Å². The number of carbonyl (C=O) groups excluding carboxylic acids is 1. The van der Waals surface area contributed by atoms with Crippen molar-refractivity contribution < 1.29 is 14.1 Å². The van der Waals surface area contributed by atoms with E-state index in [0.29, 0.717) is 16.2 Å². The van der Waals surface area contributed by atoms with Gasteiger partial charge in [0.2, 0.25) is 5.78 Å². The minimum atomic E-state index is -0.519. The first kappa shape index (κ1) is 15.0. The summed E-state index contributed by atoms with van der Waals surface area (Å²) in [7, 11) is 0. The highest BCUT2D eigenvalue weighted by atomic mass is 35.5. The molecule has 3 rings (SSSR count). The number of hydrogen-bond donors (Lipinski definition) is 0. The molecule has 0 fully saturated rings. The molecule has 3 aromatic rings. The molecule has 0 aliphatic heterocycles. The van der Waals surface area contributed by atoms with Crippen LogP contribution in [-0.4, -0.2) is 10.7 Å². The quantitative estimate of drug-likeness (QED) is 0.296. The molecule has 0 saturated heterocycles. The van der Waals surface area contributed by atoms with E-state index in [0.717, 1.165) is 5.39 Å². The summed E-state index contributed by atoms with van der Waals surface area (Å²) >= 11 is 5.99. The number of nitrogens with zero attached hydrogens (tertiary/aromatic N) is 1. The third-order valence-corrected chi connectivity index (χ3v) is 3.62. The second-order valence-electron chi connectivity index (χ2n) is 4.81. The maximum absolute atomic E-state index is 12.2. The van der Waals surface area contributed by atoms with Crippen molar-refractivity contribution in [2.24, 2.45) is 0 Å². The van der Waals surface area contributed by atoms with E-state index in [4.69, 9.17) is 16.0 Å². The average molecular weight is 328 g/mol. The van der Waals surface area contributed by atoms with Gasteiger partial charge >= 0.3 is 0 Å². The second-order valence-corrected chi connectivity index (χ2v) is 5.22. The zero-order chi connectivity index (χ0) is 16.4. The monoisotopic (exact) mass is 327 g/mol. The van der Waals surface area contributed by atoms with E-state index in [1.807, 2.05) is 18.2 Å². The van der Waals surface area contributed by atoms with Gasteiger partial charge in [0.15, 0.2) is 5.76 Å². The topological polar surface area (TPSA) is 73.3 Å². The highest BCUT2D eigenvalue weighted by Crippen LogP contribution is 2.24. The number of benzene rings is 2. The number of nitro groups is 1. The lowest BCUT2D eigenvalue weighted by Crippen LogP contribution is -1.91. The molecule has 114 valence electrons. The van der Waals surface area contributed by atoms with E-state index in [9.17, 15) is 14.9 Å². The normalized spacial score (nSPS) is 11.2. The lowest BCUT2D eigenvalue weighted by molar-refractivity contribution is -0.384. The van der Waals surface area contributed by atoms with Gasteiger partial charge in [-0.25, -0.2) is 0 Å². The number of nitro benzene ring substituents is 1. The molecule has 0 bridgehead atoms. The lowest BCUT2D eigenvalue weighted by atomic mass is 10.1. The van der Waals surface area contributed by atoms with Crippen LogP contribution in [-0.2, 0) is 0 Å². The van der Waals surface area contributed by atoms with Gasteiger partial charge in [-0.3, -0.25) is 14.9 Å². The zero-order valence-corrected chi connectivity index (χ0v) is 12.5. The highest BCUT2D eigenvalue weighted by Gasteiger charge is 2.11. The molecule has 0 aliphatic rings. The standard InChI is InChI=1S/C17H10ClNO4/c18-14-7-6-13(19(21)22)9-11(14)5-8-15(20)17-10-12-3-1-2-4-16(12)23-17/h1-10H/b8-5+. The maximum atomic E-state index is 12.2. The molecule has 0 spiro atoms. The molecule has 1 heterocycles. The molecule has 6 heteroatoms. The Morgan fingerprint density at radius 2 is 1.96 bits per heavy atom. The van der Waals surface area contributed by atoms with Crippen LogP contribution in [0.5, 0.6) is 0 Å². The van der Waals surface area contributed by atoms with Gasteiger partial charge in [0.1, 0.15) is 5.58 Å². The van der Waals surface area contributed by atoms with E-state index in [1.165, 1.54) is 30.4 Å². The molecule has 0 N–H and O–H groups in total. The first-order valence-electron chi connectivity index (χ1n) is 6.69. The van der Waals surface area contributed by atoms with Gasteiger partial charge in [-0.2, -0.15) is 0 Å². The SMILES string of the molecule is O=C(/C=C/c1cc([N+](=O)[O-])ccc1Cl)c1cc2ccccc2o1. The van der Waals surface area contributed by atoms with E-state index in [2.05, 4.69) is 0 Å². The first-order chi connectivity index (χ1) is 11.0. The largest absolute Gasteiger partial charge is 0.453 e. The van der Waals surface area contributed by atoms with Crippen molar-refractivity contribution in [2.75, 3.05) is 0 Å². The van der Waals surface area contributed by atoms with Gasteiger partial charge in [-0.1, -0.05) is 29.8 Å². The van der Waals surface area contributed by atoms with Crippen molar-refractivity contribution in [3.05, 3.63) is 81.1 Å². The van der Waals surface area contributed by atoms with Crippen LogP contribution in [0.15, 0.2) is 59.0 Å². The van der Waals surface area contributed by atoms with Gasteiger partial charge < -0.3 is 4.42 Å². The van der Waals surface area contributed by atoms with E-state index < -0.39 is 4.92 Å². The molecule has 0 unspecified atom stereocenters. The maximum Gasteiger partial charge on any atom is 0.270 e. The smallest absolute Gasteiger partial charge is 0.270 e. The molecule has 0 amide bonds. The molecule has 0 aliphatic carbocycles. The number of rotatable bonds is 4. The number of halogens is 1. The number of allylic oxidation sites excluding steroid dienone is 1. The third kappa shape index (κ3) is 3.14. The zero-order valence-electron chi connectivity index (χ0n) is 11.7. The Kier molecular flexibility index (Phi) is 3.95. The lowest BCUT2D eigenvalue weighted by Gasteiger charge is -1.98. The summed E-state index contributed by atoms with van der Waals surface area (Å²) in [5, 5.41) is 11.9. The van der Waals surface area contributed by atoms with Crippen LogP contribution in [0.1, 0.15) is 16.1 Å². The highest BCUT2D eigenvalue weighted by molar-refractivity contribution is 6.32. The molecule has 23 heavy (non-hydrogen) atoms. The molecular weight excluding hydrogens is 318 g/mol. The second kappa shape index (κ2) is 6.06. The molecule has 0 atom stereocenters. The average Bonchev–Trinajstić information content (AvgIpc) is 2.97. The predicted molar refractivity (Wildman–Crippen MR) is 87.7 cm³/mol. The van der Waals surface area contributed by atoms with Crippen LogP contribution in [0, 0.1) is 10.1 Å². The fourth-order valence-corrected chi connectivity index (χ4v) is 2.30. The van der Waals surface area contributed by atoms with Crippen LogP contribution in [0.3, 0.4) is 0 Å². The van der Waals surface area contributed by atoms with Crippen molar-refractivity contribution in [3.63, 3.8) is 0 Å². The fourth-order valence-electron chi connectivity index (χ4n) is 2.12. The number of furan rings is 1. The van der Waals surface area contributed by atoms with Crippen LogP contribution >= 0.6 is 11.6 Å². The molecule has 5 nitrogen and oxygen atoms in total. The number of fused-ring (bicyclic) bond motifs is 1. The van der Waals surface area contributed by atoms with Crippen molar-refractivity contribution in [1.82, 2.24) is 0 Å². The first-order valence-corrected chi connectivity index (χ1v) is 7.07. The minimum absolute atomic E-state index is 0.0924. The molecule has 0 saturated carbocycles. The van der Waals surface area contributed by atoms with E-state index >= 15 is 0 Å². The Labute approximate surface area is 135 Å². The summed E-state index contributed by atoms with van der Waals surface area (Å²) in [5.41, 5.74) is 0.924. The van der Waals surface area contributed by atoms with Crippen LogP contribution in [0.4, 0.5) is 5.69 Å². The van der Waals surface area contributed by atoms with Gasteiger partial charge in [-0.15, -0.1) is 0 Å². The Morgan fingerprint density at radius 1 is 1.17 bits per heavy atom. The summed E-state index contributed by atoms with van der Waals surface area (Å²) in [6, 6.07) is 13.0. The molecule has 1 aromatic heterocycles. The van der Waals surface area contributed by atoms with Gasteiger partial charge in [0.05, 0.1) is 4.92 Å². The van der Waals surface area contributed by atoms with Crippen molar-refractivity contribution >= 4 is 40.1 Å². The van der Waals surface area contributed by atoms with Crippen molar-refractivity contribution in [3.8, 4) is 0 Å². The number of ketones is 1. The van der Waals surface area contributed by atoms with Gasteiger partial charge in [-0.05, 0) is 35.9 Å². The van der Waals surface area contributed by atoms with Crippen molar-refractivity contribution in [1.29, 1.82) is 0 Å². The van der Waals surface area contributed by atoms with E-state index in [1.54, 1.807) is 12.1 Å². The Bertz CT molecular complexity index is 910. The van der Waals surface area contributed by atoms with Crippen LogP contribution in [0.2, 0.25) is 5.02 Å². The van der Waals surface area contributed by atoms with Crippen molar-refractivity contribution in [2.45, 2.75) is 0 Å². The number of para-hydroxylation sites is 1. The summed E-state index contributed by atoms with van der Waals surface area (Å²) in [6.45, 7) is 0. The number of non-ortho nitro benzene ring substituents is 1. The number of carbonyl (C=O) groups is 1. The summed E-state index contributed by atoms with van der Waals surface area (Å²) in [6.07, 6.45) is 2.72. The summed E-state index contributed by atoms with van der Waals surface area (Å²) in [4.78, 5) is 22.4.